The fraction of sp³-hybridized carbons (Fsp3) is 0.357. The highest BCUT2D eigenvalue weighted by Gasteiger charge is 2.17. The van der Waals surface area contributed by atoms with Gasteiger partial charge in [0.25, 0.3) is 0 Å². The molecule has 3 rings (SSSR count). The highest BCUT2D eigenvalue weighted by atomic mass is 79.9. The normalized spacial score (nSPS) is 14.5. The van der Waals surface area contributed by atoms with Gasteiger partial charge in [-0.05, 0) is 43.5 Å². The van der Waals surface area contributed by atoms with Crippen molar-refractivity contribution in [2.75, 3.05) is 29.0 Å². The van der Waals surface area contributed by atoms with E-state index in [2.05, 4.69) is 41.1 Å². The van der Waals surface area contributed by atoms with Crippen LogP contribution in [0.15, 0.2) is 22.7 Å². The van der Waals surface area contributed by atoms with Gasteiger partial charge >= 0.3 is 0 Å². The molecular formula is C14H17BrN6. The maximum absolute atomic E-state index is 5.81. The first-order chi connectivity index (χ1) is 10.1. The molecule has 1 aliphatic heterocycles. The number of nitrogen functional groups attached to an aromatic ring is 1. The Morgan fingerprint density at radius 3 is 2.67 bits per heavy atom. The number of hydrogen-bond donors (Lipinski definition) is 2. The van der Waals surface area contributed by atoms with E-state index < -0.39 is 0 Å². The first-order valence-corrected chi connectivity index (χ1v) is 7.71. The second kappa shape index (κ2) is 5.85. The van der Waals surface area contributed by atoms with E-state index in [4.69, 9.17) is 5.73 Å². The Morgan fingerprint density at radius 1 is 1.19 bits per heavy atom. The van der Waals surface area contributed by atoms with E-state index in [0.717, 1.165) is 28.8 Å². The summed E-state index contributed by atoms with van der Waals surface area (Å²) in [6.07, 6.45) is 2.33. The van der Waals surface area contributed by atoms with Gasteiger partial charge in [0.2, 0.25) is 17.8 Å². The zero-order chi connectivity index (χ0) is 14.8. The lowest BCUT2D eigenvalue weighted by molar-refractivity contribution is 0.887. The summed E-state index contributed by atoms with van der Waals surface area (Å²) in [6, 6.07) is 5.99. The molecule has 110 valence electrons. The Labute approximate surface area is 131 Å². The highest BCUT2D eigenvalue weighted by Crippen LogP contribution is 2.24. The minimum atomic E-state index is 0.240. The molecule has 0 atom stereocenters. The average Bonchev–Trinajstić information content (AvgIpc) is 2.95. The summed E-state index contributed by atoms with van der Waals surface area (Å²) in [7, 11) is 0. The summed E-state index contributed by atoms with van der Waals surface area (Å²) in [4.78, 5) is 15.0. The summed E-state index contributed by atoms with van der Waals surface area (Å²) in [6.45, 7) is 3.97. The molecule has 0 unspecified atom stereocenters. The van der Waals surface area contributed by atoms with Crippen LogP contribution in [0.3, 0.4) is 0 Å². The number of benzene rings is 1. The minimum absolute atomic E-state index is 0.240. The van der Waals surface area contributed by atoms with Crippen molar-refractivity contribution in [2.24, 2.45) is 0 Å². The van der Waals surface area contributed by atoms with E-state index in [1.54, 1.807) is 0 Å². The summed E-state index contributed by atoms with van der Waals surface area (Å²) < 4.78 is 1.04. The van der Waals surface area contributed by atoms with Gasteiger partial charge in [-0.2, -0.15) is 15.0 Å². The molecule has 1 aromatic heterocycles. The zero-order valence-electron chi connectivity index (χ0n) is 11.8. The molecule has 1 aromatic carbocycles. The molecule has 0 spiro atoms. The lowest BCUT2D eigenvalue weighted by Gasteiger charge is -2.16. The van der Waals surface area contributed by atoms with Crippen molar-refractivity contribution in [3.63, 3.8) is 0 Å². The van der Waals surface area contributed by atoms with Crippen LogP contribution in [0.25, 0.3) is 0 Å². The summed E-state index contributed by atoms with van der Waals surface area (Å²) in [5.41, 5.74) is 7.86. The number of halogens is 1. The second-order valence-corrected chi connectivity index (χ2v) is 6.01. The minimum Gasteiger partial charge on any atom is -0.368 e. The third-order valence-corrected chi connectivity index (χ3v) is 3.96. The third kappa shape index (κ3) is 3.24. The molecule has 6 nitrogen and oxygen atoms in total. The van der Waals surface area contributed by atoms with Crippen molar-refractivity contribution >= 4 is 39.5 Å². The topological polar surface area (TPSA) is 80.0 Å². The molecule has 7 heteroatoms. The number of nitrogens with zero attached hydrogens (tertiary/aromatic N) is 4. The zero-order valence-corrected chi connectivity index (χ0v) is 13.4. The number of rotatable bonds is 3. The highest BCUT2D eigenvalue weighted by molar-refractivity contribution is 9.10. The van der Waals surface area contributed by atoms with Gasteiger partial charge in [0.15, 0.2) is 0 Å². The number of anilines is 4. The molecule has 0 bridgehead atoms. The van der Waals surface area contributed by atoms with Crippen LogP contribution in [0.5, 0.6) is 0 Å². The Balaban J connectivity index is 1.87. The monoisotopic (exact) mass is 348 g/mol. The van der Waals surface area contributed by atoms with Crippen molar-refractivity contribution in [3.05, 3.63) is 28.2 Å². The Bertz CT molecular complexity index is 654. The Kier molecular flexibility index (Phi) is 3.92. The van der Waals surface area contributed by atoms with Crippen molar-refractivity contribution in [3.8, 4) is 0 Å². The van der Waals surface area contributed by atoms with Crippen molar-refractivity contribution in [1.29, 1.82) is 0 Å². The van der Waals surface area contributed by atoms with Crippen molar-refractivity contribution < 1.29 is 0 Å². The number of nitrogens with one attached hydrogen (secondary N) is 1. The first kappa shape index (κ1) is 14.1. The van der Waals surface area contributed by atoms with Gasteiger partial charge in [-0.1, -0.05) is 15.9 Å². The van der Waals surface area contributed by atoms with Crippen molar-refractivity contribution in [1.82, 2.24) is 15.0 Å². The van der Waals surface area contributed by atoms with Crippen LogP contribution in [0, 0.1) is 6.92 Å². The van der Waals surface area contributed by atoms with Gasteiger partial charge in [-0.25, -0.2) is 0 Å². The third-order valence-electron chi connectivity index (χ3n) is 3.46. The molecule has 0 saturated carbocycles. The fourth-order valence-corrected chi connectivity index (χ4v) is 2.86. The number of aryl methyl sites for hydroxylation is 1. The first-order valence-electron chi connectivity index (χ1n) is 6.91. The predicted molar refractivity (Wildman–Crippen MR) is 87.8 cm³/mol. The van der Waals surface area contributed by atoms with Gasteiger partial charge in [-0.3, -0.25) is 0 Å². The molecule has 0 amide bonds. The SMILES string of the molecule is Cc1cc(Br)ccc1Nc1nc(N)nc(N2CCCC2)n1. The lowest BCUT2D eigenvalue weighted by atomic mass is 10.2. The van der Waals surface area contributed by atoms with E-state index in [-0.39, 0.29) is 5.95 Å². The van der Waals surface area contributed by atoms with Crippen LogP contribution in [0.4, 0.5) is 23.5 Å². The van der Waals surface area contributed by atoms with E-state index in [0.29, 0.717) is 11.9 Å². The maximum Gasteiger partial charge on any atom is 0.233 e. The van der Waals surface area contributed by atoms with Gasteiger partial charge in [0, 0.05) is 23.2 Å². The molecule has 1 fully saturated rings. The lowest BCUT2D eigenvalue weighted by Crippen LogP contribution is -2.22. The molecule has 3 N–H and O–H groups in total. The molecule has 2 heterocycles. The van der Waals surface area contributed by atoms with Crippen LogP contribution >= 0.6 is 15.9 Å². The number of hydrogen-bond acceptors (Lipinski definition) is 6. The quantitative estimate of drug-likeness (QED) is 0.887. The maximum atomic E-state index is 5.81. The molecule has 21 heavy (non-hydrogen) atoms. The van der Waals surface area contributed by atoms with Gasteiger partial charge in [0.1, 0.15) is 0 Å². The molecule has 1 aliphatic rings. The van der Waals surface area contributed by atoms with E-state index in [1.807, 2.05) is 25.1 Å². The predicted octanol–water partition coefficient (Wildman–Crippen LogP) is 2.87. The molecular weight excluding hydrogens is 332 g/mol. The molecule has 1 saturated heterocycles. The van der Waals surface area contributed by atoms with Crippen LogP contribution in [-0.4, -0.2) is 28.0 Å². The van der Waals surface area contributed by atoms with Gasteiger partial charge in [-0.15, -0.1) is 0 Å². The molecule has 2 aromatic rings. The van der Waals surface area contributed by atoms with E-state index >= 15 is 0 Å². The van der Waals surface area contributed by atoms with Crippen molar-refractivity contribution in [2.45, 2.75) is 19.8 Å². The van der Waals surface area contributed by atoms with Gasteiger partial charge < -0.3 is 16.0 Å². The van der Waals surface area contributed by atoms with Crippen LogP contribution in [-0.2, 0) is 0 Å². The summed E-state index contributed by atoms with van der Waals surface area (Å²) in [5, 5.41) is 3.21. The second-order valence-electron chi connectivity index (χ2n) is 5.10. The van der Waals surface area contributed by atoms with Crippen LogP contribution in [0.2, 0.25) is 0 Å². The van der Waals surface area contributed by atoms with Crippen LogP contribution < -0.4 is 16.0 Å². The molecule has 0 radical (unpaired) electrons. The Hall–Kier alpha value is -1.89. The smallest absolute Gasteiger partial charge is 0.233 e. The largest absolute Gasteiger partial charge is 0.368 e. The standard InChI is InChI=1S/C14H17BrN6/c1-9-8-10(15)4-5-11(9)17-13-18-12(16)19-14(20-13)21-6-2-3-7-21/h4-5,8H,2-3,6-7H2,1H3,(H3,16,17,18,19,20). The van der Waals surface area contributed by atoms with E-state index in [9.17, 15) is 0 Å². The van der Waals surface area contributed by atoms with Gasteiger partial charge in [0.05, 0.1) is 0 Å². The summed E-state index contributed by atoms with van der Waals surface area (Å²) in [5.74, 6) is 1.37. The summed E-state index contributed by atoms with van der Waals surface area (Å²) >= 11 is 3.45. The Morgan fingerprint density at radius 2 is 1.95 bits per heavy atom. The molecule has 0 aliphatic carbocycles. The number of aromatic nitrogens is 3. The number of nitrogens with two attached hydrogens (primary N) is 1. The van der Waals surface area contributed by atoms with E-state index in [1.165, 1.54) is 12.8 Å². The van der Waals surface area contributed by atoms with Crippen LogP contribution in [0.1, 0.15) is 18.4 Å². The average molecular weight is 349 g/mol. The fourth-order valence-electron chi connectivity index (χ4n) is 2.38.